The van der Waals surface area contributed by atoms with Crippen molar-refractivity contribution in [2.45, 2.75) is 57.0 Å². The fourth-order valence-electron chi connectivity index (χ4n) is 6.80. The van der Waals surface area contributed by atoms with E-state index in [2.05, 4.69) is 17.1 Å². The maximum atomic E-state index is 15.1. The van der Waals surface area contributed by atoms with Crippen LogP contribution in [-0.4, -0.2) is 76.7 Å². The largest absolute Gasteiger partial charge is 0.480 e. The average molecular weight is 598 g/mol. The molecule has 7 rings (SSSR count). The number of carbonyl (C=O) groups excluding carboxylic acids is 2. The predicted molar refractivity (Wildman–Crippen MR) is 163 cm³/mol. The van der Waals surface area contributed by atoms with Gasteiger partial charge in [-0.3, -0.25) is 9.59 Å². The van der Waals surface area contributed by atoms with Crippen LogP contribution in [0, 0.1) is 11.7 Å². The smallest absolute Gasteiger partial charge is 0.264 e. The van der Waals surface area contributed by atoms with Crippen molar-refractivity contribution < 1.29 is 28.0 Å². The normalized spacial score (nSPS) is 19.5. The van der Waals surface area contributed by atoms with Crippen molar-refractivity contribution in [3.63, 3.8) is 0 Å². The molecule has 2 atom stereocenters. The van der Waals surface area contributed by atoms with Crippen molar-refractivity contribution in [3.8, 4) is 17.4 Å². The van der Waals surface area contributed by atoms with E-state index < -0.39 is 11.9 Å². The van der Waals surface area contributed by atoms with Crippen molar-refractivity contribution in [2.75, 3.05) is 33.2 Å². The topological polar surface area (TPSA) is 75.0 Å². The van der Waals surface area contributed by atoms with E-state index in [0.717, 1.165) is 50.2 Å². The number of aryl methyl sites for hydroxylation is 1. The molecule has 0 radical (unpaired) electrons. The van der Waals surface area contributed by atoms with Crippen molar-refractivity contribution in [1.29, 1.82) is 0 Å². The molecule has 4 heterocycles. The molecule has 3 aromatic rings. The number of carbonyl (C=O) groups is 2. The van der Waals surface area contributed by atoms with E-state index in [1.807, 2.05) is 47.0 Å². The Morgan fingerprint density at radius 1 is 1.09 bits per heavy atom. The van der Waals surface area contributed by atoms with Gasteiger partial charge in [0.15, 0.2) is 17.7 Å². The Morgan fingerprint density at radius 3 is 2.59 bits per heavy atom. The second-order valence-corrected chi connectivity index (χ2v) is 12.4. The standard InChI is InChI=1S/C35H38FN4O4/c1-38-21-28-29(38)13-15-33(37-28)44-32-19-31-25(18-27(32)36)12-14-30(43-31)35(42)40(22-34(41)39-16-5-6-17-39)20-26(24-10-7-11-24)23-8-3-2-4-9-23/h2-4,8-9,13,15,18-19,21,24,26,30H,5-7,10-12,14,16-17,20,22H2,1H3/q+1. The zero-order valence-electron chi connectivity index (χ0n) is 25.1. The molecule has 0 N–H and O–H groups in total. The van der Waals surface area contributed by atoms with Crippen molar-refractivity contribution in [2.24, 2.45) is 5.92 Å². The first-order chi connectivity index (χ1) is 21.4. The highest BCUT2D eigenvalue weighted by atomic mass is 19.1. The van der Waals surface area contributed by atoms with Gasteiger partial charge in [0.25, 0.3) is 5.91 Å². The van der Waals surface area contributed by atoms with Gasteiger partial charge in [0, 0.05) is 43.8 Å². The lowest BCUT2D eigenvalue weighted by molar-refractivity contribution is -0.412. The van der Waals surface area contributed by atoms with Crippen LogP contribution in [0.2, 0.25) is 0 Å². The second-order valence-electron chi connectivity index (χ2n) is 12.4. The Labute approximate surface area is 257 Å². The van der Waals surface area contributed by atoms with Crippen LogP contribution in [0.25, 0.3) is 0 Å². The highest BCUT2D eigenvalue weighted by Crippen LogP contribution is 2.41. The molecule has 228 valence electrons. The van der Waals surface area contributed by atoms with E-state index in [1.54, 1.807) is 11.0 Å². The van der Waals surface area contributed by atoms with E-state index in [1.165, 1.54) is 24.1 Å². The van der Waals surface area contributed by atoms with Gasteiger partial charge in [-0.25, -0.2) is 9.37 Å². The van der Waals surface area contributed by atoms with Gasteiger partial charge < -0.3 is 19.3 Å². The molecule has 44 heavy (non-hydrogen) atoms. The number of nitrogens with zero attached hydrogens (tertiary/aromatic N) is 4. The molecule has 4 aliphatic rings. The van der Waals surface area contributed by atoms with Crippen molar-refractivity contribution in [3.05, 3.63) is 77.2 Å². The number of benzene rings is 2. The zero-order valence-corrected chi connectivity index (χ0v) is 25.1. The molecule has 2 fully saturated rings. The van der Waals surface area contributed by atoms with Crippen LogP contribution in [0.4, 0.5) is 10.1 Å². The average Bonchev–Trinajstić information content (AvgIpc) is 3.55. The first kappa shape index (κ1) is 28.5. The minimum atomic E-state index is -0.773. The molecule has 8 nitrogen and oxygen atoms in total. The van der Waals surface area contributed by atoms with Gasteiger partial charge in [-0.05, 0) is 61.6 Å². The lowest BCUT2D eigenvalue weighted by Crippen LogP contribution is -2.50. The van der Waals surface area contributed by atoms with Gasteiger partial charge in [0.05, 0.1) is 6.54 Å². The first-order valence-electron chi connectivity index (χ1n) is 15.8. The number of pyridine rings is 1. The van der Waals surface area contributed by atoms with E-state index >= 15 is 4.39 Å². The summed E-state index contributed by atoms with van der Waals surface area (Å²) in [5.74, 6) is 0.609. The molecule has 3 aliphatic heterocycles. The summed E-state index contributed by atoms with van der Waals surface area (Å²) >= 11 is 0. The molecule has 2 aromatic carbocycles. The third-order valence-electron chi connectivity index (χ3n) is 9.58. The highest BCUT2D eigenvalue weighted by Gasteiger charge is 2.37. The monoisotopic (exact) mass is 597 g/mol. The number of amides is 2. The number of aromatic nitrogens is 1. The summed E-state index contributed by atoms with van der Waals surface area (Å²) in [6.45, 7) is 1.98. The van der Waals surface area contributed by atoms with Crippen LogP contribution in [0.15, 0.2) is 54.6 Å². The number of ether oxygens (including phenoxy) is 2. The molecule has 2 unspecified atom stereocenters. The summed E-state index contributed by atoms with van der Waals surface area (Å²) in [5, 5.41) is 0. The molecular weight excluding hydrogens is 559 g/mol. The quantitative estimate of drug-likeness (QED) is 0.307. The molecule has 1 aromatic heterocycles. The minimum Gasteiger partial charge on any atom is -0.480 e. The Bertz CT molecular complexity index is 1600. The Kier molecular flexibility index (Phi) is 7.78. The van der Waals surface area contributed by atoms with E-state index in [9.17, 15) is 9.59 Å². The summed E-state index contributed by atoms with van der Waals surface area (Å²) in [6.07, 6.45) is 7.42. The summed E-state index contributed by atoms with van der Waals surface area (Å²) in [7, 11) is 1.93. The Morgan fingerprint density at radius 2 is 1.89 bits per heavy atom. The number of likely N-dealkylation sites (tertiary alicyclic amines) is 1. The lowest BCUT2D eigenvalue weighted by Gasteiger charge is -2.39. The molecule has 0 bridgehead atoms. The van der Waals surface area contributed by atoms with Gasteiger partial charge in [0.2, 0.25) is 29.4 Å². The predicted octanol–water partition coefficient (Wildman–Crippen LogP) is 5.45. The third-order valence-corrected chi connectivity index (χ3v) is 9.58. The summed E-state index contributed by atoms with van der Waals surface area (Å²) in [6, 6.07) is 16.9. The second kappa shape index (κ2) is 12.0. The number of rotatable bonds is 9. The summed E-state index contributed by atoms with van der Waals surface area (Å²) < 4.78 is 29.1. The zero-order chi connectivity index (χ0) is 30.2. The number of hydrogen-bond donors (Lipinski definition) is 0. The van der Waals surface area contributed by atoms with Crippen LogP contribution >= 0.6 is 0 Å². The molecule has 1 aliphatic carbocycles. The maximum Gasteiger partial charge on any atom is 0.264 e. The van der Waals surface area contributed by atoms with Crippen LogP contribution in [-0.2, 0) is 16.0 Å². The van der Waals surface area contributed by atoms with Gasteiger partial charge in [0.1, 0.15) is 12.8 Å². The third kappa shape index (κ3) is 5.67. The fraction of sp³-hybridized carbons (Fsp3) is 0.429. The van der Waals surface area contributed by atoms with Crippen LogP contribution in [0.3, 0.4) is 0 Å². The van der Waals surface area contributed by atoms with Gasteiger partial charge in [-0.2, -0.15) is 4.58 Å². The Hall–Kier alpha value is -4.27. The number of hydrogen-bond acceptors (Lipinski definition) is 5. The first-order valence-corrected chi connectivity index (χ1v) is 15.8. The van der Waals surface area contributed by atoms with Crippen molar-refractivity contribution >= 4 is 23.7 Å². The molecule has 0 spiro atoms. The minimum absolute atomic E-state index is 0.00725. The van der Waals surface area contributed by atoms with Crippen LogP contribution in [0.1, 0.15) is 61.3 Å². The molecule has 1 saturated heterocycles. The highest BCUT2D eigenvalue weighted by molar-refractivity contribution is 5.88. The molecule has 2 amide bonds. The van der Waals surface area contributed by atoms with E-state index in [4.69, 9.17) is 9.47 Å². The molecule has 1 saturated carbocycles. The van der Waals surface area contributed by atoms with E-state index in [-0.39, 0.29) is 35.9 Å². The molecular formula is C35H38FN4O4+. The summed E-state index contributed by atoms with van der Waals surface area (Å²) in [5.41, 5.74) is 3.65. The fourth-order valence-corrected chi connectivity index (χ4v) is 6.80. The summed E-state index contributed by atoms with van der Waals surface area (Å²) in [4.78, 5) is 35.6. The SMILES string of the molecule is C[N+]1=Cc2nc(Oc3cc4c(cc3F)CCC(C(=O)N(CC(=O)N3CCCC3)CC(c3ccccc3)C3CCC3)O4)ccc21. The Balaban J connectivity index is 1.11. The van der Waals surface area contributed by atoms with Gasteiger partial charge in [-0.1, -0.05) is 36.8 Å². The van der Waals surface area contributed by atoms with Gasteiger partial charge in [-0.15, -0.1) is 0 Å². The van der Waals surface area contributed by atoms with Crippen molar-refractivity contribution in [1.82, 2.24) is 14.8 Å². The van der Waals surface area contributed by atoms with Crippen LogP contribution < -0.4 is 9.47 Å². The number of halogens is 1. The lowest BCUT2D eigenvalue weighted by atomic mass is 9.72. The van der Waals surface area contributed by atoms with Gasteiger partial charge >= 0.3 is 0 Å². The van der Waals surface area contributed by atoms with Crippen LogP contribution in [0.5, 0.6) is 17.4 Å². The molecule has 9 heteroatoms. The van der Waals surface area contributed by atoms with E-state index in [0.29, 0.717) is 36.6 Å². The maximum absolute atomic E-state index is 15.1. The number of fused-ring (bicyclic) bond motifs is 2.